The van der Waals surface area contributed by atoms with Crippen LogP contribution < -0.4 is 5.32 Å². The van der Waals surface area contributed by atoms with Crippen LogP contribution in [0.4, 0.5) is 0 Å². The predicted octanol–water partition coefficient (Wildman–Crippen LogP) is -0.805. The SMILES string of the molecule is CC1CC1C(=O)NCCC(=O)N1CC(O)CC1C(=O)O. The Morgan fingerprint density at radius 3 is 2.50 bits per heavy atom. The molecule has 0 spiro atoms. The molecule has 2 amide bonds. The van der Waals surface area contributed by atoms with Gasteiger partial charge in [0.15, 0.2) is 0 Å². The fraction of sp³-hybridized carbons (Fsp3) is 0.769. The average molecular weight is 284 g/mol. The molecule has 0 bridgehead atoms. The van der Waals surface area contributed by atoms with Gasteiger partial charge in [-0.3, -0.25) is 9.59 Å². The standard InChI is InChI=1S/C13H20N2O5/c1-7-4-9(7)12(18)14-3-2-11(17)15-6-8(16)5-10(15)13(19)20/h7-10,16H,2-6H2,1H3,(H,14,18)(H,19,20). The number of aliphatic hydroxyl groups excluding tert-OH is 1. The van der Waals surface area contributed by atoms with Gasteiger partial charge in [-0.2, -0.15) is 0 Å². The molecular formula is C13H20N2O5. The zero-order valence-corrected chi connectivity index (χ0v) is 11.4. The number of aliphatic carboxylic acids is 1. The van der Waals surface area contributed by atoms with E-state index < -0.39 is 18.1 Å². The molecule has 0 radical (unpaired) electrons. The fourth-order valence-corrected chi connectivity index (χ4v) is 2.58. The van der Waals surface area contributed by atoms with Crippen molar-refractivity contribution in [3.05, 3.63) is 0 Å². The number of rotatable bonds is 5. The van der Waals surface area contributed by atoms with E-state index in [4.69, 9.17) is 5.11 Å². The van der Waals surface area contributed by atoms with Crippen molar-refractivity contribution in [2.75, 3.05) is 13.1 Å². The summed E-state index contributed by atoms with van der Waals surface area (Å²) in [6.45, 7) is 2.25. The highest BCUT2D eigenvalue weighted by Gasteiger charge is 2.40. The Morgan fingerprint density at radius 2 is 1.95 bits per heavy atom. The lowest BCUT2D eigenvalue weighted by Crippen LogP contribution is -2.42. The summed E-state index contributed by atoms with van der Waals surface area (Å²) < 4.78 is 0. The van der Waals surface area contributed by atoms with Gasteiger partial charge in [0, 0.05) is 31.8 Å². The number of carboxylic acids is 1. The molecule has 2 rings (SSSR count). The number of nitrogens with one attached hydrogen (secondary N) is 1. The number of β-amino-alcohol motifs (C(OH)–C–C–N with tert-alkyl or cyclic N) is 1. The molecule has 112 valence electrons. The Kier molecular flexibility index (Phi) is 4.27. The first kappa shape index (κ1) is 14.8. The number of carbonyl (C=O) groups is 3. The van der Waals surface area contributed by atoms with Gasteiger partial charge in [0.05, 0.1) is 6.10 Å². The van der Waals surface area contributed by atoms with Crippen molar-refractivity contribution in [3.63, 3.8) is 0 Å². The summed E-state index contributed by atoms with van der Waals surface area (Å²) in [6, 6.07) is -0.961. The normalized spacial score (nSPS) is 32.0. The van der Waals surface area contributed by atoms with Crippen molar-refractivity contribution in [2.24, 2.45) is 11.8 Å². The quantitative estimate of drug-likeness (QED) is 0.612. The van der Waals surface area contributed by atoms with Gasteiger partial charge in [-0.15, -0.1) is 0 Å². The van der Waals surface area contributed by atoms with Crippen LogP contribution in [0.2, 0.25) is 0 Å². The summed E-state index contributed by atoms with van der Waals surface area (Å²) >= 11 is 0. The topological polar surface area (TPSA) is 107 Å². The minimum absolute atomic E-state index is 0.0402. The zero-order chi connectivity index (χ0) is 14.9. The molecule has 1 aliphatic carbocycles. The second kappa shape index (κ2) is 5.78. The number of carbonyl (C=O) groups excluding carboxylic acids is 2. The second-order valence-corrected chi connectivity index (χ2v) is 5.65. The number of likely N-dealkylation sites (tertiary alicyclic amines) is 1. The molecule has 20 heavy (non-hydrogen) atoms. The van der Waals surface area contributed by atoms with Crippen LogP contribution in [0.25, 0.3) is 0 Å². The summed E-state index contributed by atoms with van der Waals surface area (Å²) in [5.41, 5.74) is 0. The van der Waals surface area contributed by atoms with E-state index in [0.717, 1.165) is 6.42 Å². The van der Waals surface area contributed by atoms with E-state index in [1.807, 2.05) is 6.92 Å². The average Bonchev–Trinajstić information content (AvgIpc) is 2.96. The van der Waals surface area contributed by atoms with Gasteiger partial charge in [-0.05, 0) is 12.3 Å². The lowest BCUT2D eigenvalue weighted by Gasteiger charge is -2.21. The van der Waals surface area contributed by atoms with Gasteiger partial charge in [0.1, 0.15) is 6.04 Å². The van der Waals surface area contributed by atoms with Gasteiger partial charge in [-0.1, -0.05) is 6.92 Å². The molecule has 4 atom stereocenters. The van der Waals surface area contributed by atoms with Crippen LogP contribution in [0, 0.1) is 11.8 Å². The van der Waals surface area contributed by atoms with E-state index in [1.165, 1.54) is 4.90 Å². The van der Waals surface area contributed by atoms with Crippen LogP contribution in [-0.2, 0) is 14.4 Å². The van der Waals surface area contributed by atoms with Gasteiger partial charge in [0.2, 0.25) is 11.8 Å². The van der Waals surface area contributed by atoms with Gasteiger partial charge >= 0.3 is 5.97 Å². The van der Waals surface area contributed by atoms with E-state index in [2.05, 4.69) is 5.32 Å². The van der Waals surface area contributed by atoms with E-state index in [9.17, 15) is 19.5 Å². The molecule has 2 fully saturated rings. The third-order valence-electron chi connectivity index (χ3n) is 3.97. The monoisotopic (exact) mass is 284 g/mol. The summed E-state index contributed by atoms with van der Waals surface area (Å²) in [5, 5.41) is 21.2. The van der Waals surface area contributed by atoms with Gasteiger partial charge < -0.3 is 20.4 Å². The molecule has 7 heteroatoms. The Bertz CT molecular complexity index is 425. The highest BCUT2D eigenvalue weighted by atomic mass is 16.4. The molecule has 1 aliphatic heterocycles. The number of hydrogen-bond acceptors (Lipinski definition) is 4. The predicted molar refractivity (Wildman–Crippen MR) is 68.7 cm³/mol. The van der Waals surface area contributed by atoms with Crippen LogP contribution in [0.3, 0.4) is 0 Å². The number of amides is 2. The molecule has 1 saturated heterocycles. The molecule has 2 aliphatic rings. The molecule has 1 saturated carbocycles. The molecule has 7 nitrogen and oxygen atoms in total. The second-order valence-electron chi connectivity index (χ2n) is 5.65. The lowest BCUT2D eigenvalue weighted by atomic mass is 10.2. The summed E-state index contributed by atoms with van der Waals surface area (Å²) in [5.74, 6) is -1.02. The highest BCUT2D eigenvalue weighted by Crippen LogP contribution is 2.37. The van der Waals surface area contributed by atoms with Crippen molar-refractivity contribution in [3.8, 4) is 0 Å². The molecule has 0 aromatic heterocycles. The zero-order valence-electron chi connectivity index (χ0n) is 11.4. The Morgan fingerprint density at radius 1 is 1.30 bits per heavy atom. The van der Waals surface area contributed by atoms with Crippen LogP contribution in [0.15, 0.2) is 0 Å². The van der Waals surface area contributed by atoms with E-state index >= 15 is 0 Å². The van der Waals surface area contributed by atoms with Crippen molar-refractivity contribution in [2.45, 2.75) is 38.3 Å². The van der Waals surface area contributed by atoms with Crippen molar-refractivity contribution < 1.29 is 24.6 Å². The third kappa shape index (κ3) is 3.27. The molecule has 4 unspecified atom stereocenters. The summed E-state index contributed by atoms with van der Waals surface area (Å²) in [6.07, 6.45) is 0.220. The van der Waals surface area contributed by atoms with Crippen LogP contribution in [-0.4, -0.2) is 58.1 Å². The number of hydrogen-bond donors (Lipinski definition) is 3. The smallest absolute Gasteiger partial charge is 0.326 e. The largest absolute Gasteiger partial charge is 0.480 e. The molecular weight excluding hydrogens is 264 g/mol. The molecule has 1 heterocycles. The van der Waals surface area contributed by atoms with E-state index in [1.54, 1.807) is 0 Å². The minimum Gasteiger partial charge on any atom is -0.480 e. The first-order valence-corrected chi connectivity index (χ1v) is 6.88. The Balaban J connectivity index is 1.76. The maximum absolute atomic E-state index is 11.9. The number of carboxylic acid groups (broad SMARTS) is 1. The number of aliphatic hydroxyl groups is 1. The highest BCUT2D eigenvalue weighted by molar-refractivity contribution is 5.85. The summed E-state index contributed by atoms with van der Waals surface area (Å²) in [7, 11) is 0. The van der Waals surface area contributed by atoms with Crippen molar-refractivity contribution in [1.82, 2.24) is 10.2 Å². The Hall–Kier alpha value is -1.63. The molecule has 0 aromatic rings. The lowest BCUT2D eigenvalue weighted by molar-refractivity contribution is -0.148. The molecule has 0 aromatic carbocycles. The summed E-state index contributed by atoms with van der Waals surface area (Å²) in [4.78, 5) is 35.7. The first-order valence-electron chi connectivity index (χ1n) is 6.88. The van der Waals surface area contributed by atoms with Crippen LogP contribution in [0.1, 0.15) is 26.2 Å². The maximum Gasteiger partial charge on any atom is 0.326 e. The third-order valence-corrected chi connectivity index (χ3v) is 3.97. The van der Waals surface area contributed by atoms with Crippen molar-refractivity contribution in [1.29, 1.82) is 0 Å². The van der Waals surface area contributed by atoms with Gasteiger partial charge in [0.25, 0.3) is 0 Å². The van der Waals surface area contributed by atoms with Gasteiger partial charge in [-0.25, -0.2) is 4.79 Å². The first-order chi connectivity index (χ1) is 9.40. The minimum atomic E-state index is -1.11. The maximum atomic E-state index is 11.9. The fourth-order valence-electron chi connectivity index (χ4n) is 2.58. The van der Waals surface area contributed by atoms with E-state index in [-0.39, 0.29) is 43.7 Å². The van der Waals surface area contributed by atoms with Crippen LogP contribution >= 0.6 is 0 Å². The molecule has 3 N–H and O–H groups in total. The van der Waals surface area contributed by atoms with E-state index in [0.29, 0.717) is 5.92 Å². The van der Waals surface area contributed by atoms with Crippen LogP contribution in [0.5, 0.6) is 0 Å². The van der Waals surface area contributed by atoms with Crippen molar-refractivity contribution >= 4 is 17.8 Å². The number of nitrogens with zero attached hydrogens (tertiary/aromatic N) is 1. The Labute approximate surface area is 116 Å².